The highest BCUT2D eigenvalue weighted by Crippen LogP contribution is 2.48. The fourth-order valence-corrected chi connectivity index (χ4v) is 3.43. The number of aliphatic hydroxyl groups is 2. The molecule has 2 aromatic heterocycles. The van der Waals surface area contributed by atoms with Gasteiger partial charge in [-0.3, -0.25) is 4.57 Å². The van der Waals surface area contributed by atoms with E-state index in [0.29, 0.717) is 23.0 Å². The average molecular weight is 351 g/mol. The maximum absolute atomic E-state index is 15.4. The highest BCUT2D eigenvalue weighted by Gasteiger charge is 2.63. The fourth-order valence-electron chi connectivity index (χ4n) is 3.43. The molecule has 3 heterocycles. The second-order valence-electron chi connectivity index (χ2n) is 7.25. The zero-order valence-corrected chi connectivity index (χ0v) is 14.4. The number of rotatable bonds is 4. The molecular weight excluding hydrogens is 329 g/mol. The van der Waals surface area contributed by atoms with Crippen LogP contribution in [0.4, 0.5) is 10.2 Å². The van der Waals surface area contributed by atoms with E-state index in [4.69, 9.17) is 4.74 Å². The lowest BCUT2D eigenvalue weighted by Gasteiger charge is -2.32. The highest BCUT2D eigenvalue weighted by atomic mass is 19.1. The van der Waals surface area contributed by atoms with Crippen molar-refractivity contribution in [3.8, 4) is 0 Å². The van der Waals surface area contributed by atoms with Crippen molar-refractivity contribution in [3.63, 3.8) is 0 Å². The summed E-state index contributed by atoms with van der Waals surface area (Å²) in [4.78, 5) is 15.0. The third-order valence-corrected chi connectivity index (χ3v) is 5.56. The Hall–Kier alpha value is -1.84. The molecule has 2 N–H and O–H groups in total. The number of halogens is 1. The summed E-state index contributed by atoms with van der Waals surface area (Å²) in [6.07, 6.45) is 2.89. The standard InChI is InChI=1S/C16H22FN5O3/c1-15(17)14(25-10(6-23)16(15,2)24)22-8-20-11-12(18-7-19-13(11)22)21(3)9-4-5-9/h7-10,14,23-24H,4-6H2,1-3H3/t10-,14+,15+,16+/m1/s1. The molecule has 0 radical (unpaired) electrons. The molecule has 25 heavy (non-hydrogen) atoms. The summed E-state index contributed by atoms with van der Waals surface area (Å²) in [7, 11) is 1.95. The van der Waals surface area contributed by atoms with E-state index in [9.17, 15) is 10.2 Å². The van der Waals surface area contributed by atoms with Crippen LogP contribution in [0.5, 0.6) is 0 Å². The van der Waals surface area contributed by atoms with Gasteiger partial charge in [0.2, 0.25) is 0 Å². The van der Waals surface area contributed by atoms with Crippen LogP contribution in [0.25, 0.3) is 11.2 Å². The quantitative estimate of drug-likeness (QED) is 0.841. The van der Waals surface area contributed by atoms with Gasteiger partial charge in [0.15, 0.2) is 28.9 Å². The van der Waals surface area contributed by atoms with Gasteiger partial charge < -0.3 is 19.8 Å². The molecule has 1 aliphatic carbocycles. The van der Waals surface area contributed by atoms with Crippen molar-refractivity contribution < 1.29 is 19.3 Å². The number of ether oxygens (including phenoxy) is 1. The summed E-state index contributed by atoms with van der Waals surface area (Å²) >= 11 is 0. The van der Waals surface area contributed by atoms with Gasteiger partial charge in [-0.1, -0.05) is 0 Å². The number of anilines is 1. The van der Waals surface area contributed by atoms with Crippen LogP contribution >= 0.6 is 0 Å². The zero-order chi connectivity index (χ0) is 18.0. The molecule has 2 aliphatic rings. The van der Waals surface area contributed by atoms with Gasteiger partial charge >= 0.3 is 0 Å². The molecule has 0 aromatic carbocycles. The predicted molar refractivity (Wildman–Crippen MR) is 87.9 cm³/mol. The van der Waals surface area contributed by atoms with E-state index in [1.54, 1.807) is 0 Å². The van der Waals surface area contributed by atoms with Crippen LogP contribution in [0.15, 0.2) is 12.7 Å². The molecule has 0 spiro atoms. The molecule has 0 amide bonds. The van der Waals surface area contributed by atoms with E-state index in [1.807, 2.05) is 7.05 Å². The molecule has 8 nitrogen and oxygen atoms in total. The normalized spacial score (nSPS) is 35.4. The predicted octanol–water partition coefficient (Wildman–Crippen LogP) is 0.794. The van der Waals surface area contributed by atoms with E-state index in [-0.39, 0.29) is 0 Å². The number of alkyl halides is 1. The highest BCUT2D eigenvalue weighted by molar-refractivity contribution is 5.83. The van der Waals surface area contributed by atoms with Gasteiger partial charge in [-0.2, -0.15) is 0 Å². The number of hydrogen-bond donors (Lipinski definition) is 2. The maximum Gasteiger partial charge on any atom is 0.183 e. The molecule has 9 heteroatoms. The second-order valence-corrected chi connectivity index (χ2v) is 7.25. The molecular formula is C16H22FN5O3. The van der Waals surface area contributed by atoms with Gasteiger partial charge in [0.1, 0.15) is 18.0 Å². The van der Waals surface area contributed by atoms with Gasteiger partial charge in [-0.25, -0.2) is 19.3 Å². The summed E-state index contributed by atoms with van der Waals surface area (Å²) in [6, 6.07) is 0.442. The largest absolute Gasteiger partial charge is 0.394 e. The number of fused-ring (bicyclic) bond motifs is 1. The Morgan fingerprint density at radius 3 is 2.68 bits per heavy atom. The zero-order valence-electron chi connectivity index (χ0n) is 14.4. The fraction of sp³-hybridized carbons (Fsp3) is 0.688. The lowest BCUT2D eigenvalue weighted by molar-refractivity contribution is -0.0891. The first-order valence-electron chi connectivity index (χ1n) is 8.37. The Labute approximate surface area is 144 Å². The van der Waals surface area contributed by atoms with Crippen LogP contribution < -0.4 is 4.90 Å². The number of nitrogens with zero attached hydrogens (tertiary/aromatic N) is 5. The molecule has 1 saturated carbocycles. The Kier molecular flexibility index (Phi) is 3.54. The molecule has 1 aliphatic heterocycles. The van der Waals surface area contributed by atoms with Crippen LogP contribution in [0.1, 0.15) is 32.9 Å². The topological polar surface area (TPSA) is 96.5 Å². The third kappa shape index (κ3) is 2.26. The minimum Gasteiger partial charge on any atom is -0.394 e. The Morgan fingerprint density at radius 1 is 1.36 bits per heavy atom. The average Bonchev–Trinajstić information content (AvgIpc) is 3.30. The Bertz CT molecular complexity index is 804. The molecule has 2 fully saturated rings. The molecule has 0 unspecified atom stereocenters. The first-order chi connectivity index (χ1) is 11.8. The summed E-state index contributed by atoms with van der Waals surface area (Å²) in [5.41, 5.74) is -2.99. The lowest BCUT2D eigenvalue weighted by atomic mass is 9.85. The molecule has 4 rings (SSSR count). The summed E-state index contributed by atoms with van der Waals surface area (Å²) < 4.78 is 22.5. The molecule has 4 atom stereocenters. The van der Waals surface area contributed by atoms with Gasteiger partial charge in [0.25, 0.3) is 0 Å². The summed E-state index contributed by atoms with van der Waals surface area (Å²) in [5, 5.41) is 20.0. The first kappa shape index (κ1) is 16.6. The van der Waals surface area contributed by atoms with Crippen LogP contribution in [-0.2, 0) is 4.74 Å². The minimum atomic E-state index is -2.14. The number of aliphatic hydroxyl groups excluding tert-OH is 1. The van der Waals surface area contributed by atoms with Crippen molar-refractivity contribution in [1.29, 1.82) is 0 Å². The van der Waals surface area contributed by atoms with Crippen molar-refractivity contribution in [2.75, 3.05) is 18.6 Å². The minimum absolute atomic E-state index is 0.431. The van der Waals surface area contributed by atoms with Crippen molar-refractivity contribution in [1.82, 2.24) is 19.5 Å². The number of hydrogen-bond acceptors (Lipinski definition) is 7. The summed E-state index contributed by atoms with van der Waals surface area (Å²) in [5.74, 6) is 0.690. The molecule has 2 aromatic rings. The maximum atomic E-state index is 15.4. The van der Waals surface area contributed by atoms with Gasteiger partial charge in [0, 0.05) is 13.1 Å². The number of imidazole rings is 1. The smallest absolute Gasteiger partial charge is 0.183 e. The van der Waals surface area contributed by atoms with Crippen LogP contribution in [0.2, 0.25) is 0 Å². The number of aromatic nitrogens is 4. The van der Waals surface area contributed by atoms with Gasteiger partial charge in [0.05, 0.1) is 12.9 Å². The first-order valence-corrected chi connectivity index (χ1v) is 8.37. The monoisotopic (exact) mass is 351 g/mol. The van der Waals surface area contributed by atoms with Crippen molar-refractivity contribution in [2.45, 2.75) is 56.3 Å². The van der Waals surface area contributed by atoms with Crippen molar-refractivity contribution in [3.05, 3.63) is 12.7 Å². The van der Waals surface area contributed by atoms with E-state index in [0.717, 1.165) is 12.8 Å². The van der Waals surface area contributed by atoms with E-state index in [2.05, 4.69) is 19.9 Å². The van der Waals surface area contributed by atoms with Crippen molar-refractivity contribution in [2.24, 2.45) is 0 Å². The lowest BCUT2D eigenvalue weighted by Crippen LogP contribution is -2.51. The van der Waals surface area contributed by atoms with Crippen LogP contribution in [-0.4, -0.2) is 66.8 Å². The third-order valence-electron chi connectivity index (χ3n) is 5.56. The van der Waals surface area contributed by atoms with E-state index in [1.165, 1.54) is 31.1 Å². The molecule has 0 bridgehead atoms. The Morgan fingerprint density at radius 2 is 2.08 bits per heavy atom. The molecule has 1 saturated heterocycles. The van der Waals surface area contributed by atoms with Gasteiger partial charge in [-0.15, -0.1) is 0 Å². The van der Waals surface area contributed by atoms with E-state index < -0.39 is 30.2 Å². The SMILES string of the molecule is CN(c1ncnc2c1ncn2[C@H]1O[C@H](CO)[C@](C)(O)[C@@]1(C)F)C1CC1. The van der Waals surface area contributed by atoms with Crippen molar-refractivity contribution >= 4 is 17.0 Å². The van der Waals surface area contributed by atoms with Crippen LogP contribution in [0, 0.1) is 0 Å². The molecule has 136 valence electrons. The van der Waals surface area contributed by atoms with Gasteiger partial charge in [-0.05, 0) is 26.7 Å². The Balaban J connectivity index is 1.79. The second kappa shape index (κ2) is 5.33. The van der Waals surface area contributed by atoms with E-state index >= 15 is 4.39 Å². The summed E-state index contributed by atoms with van der Waals surface area (Å²) in [6.45, 7) is 2.10. The van der Waals surface area contributed by atoms with Crippen LogP contribution in [0.3, 0.4) is 0 Å².